The van der Waals surface area contributed by atoms with Crippen molar-refractivity contribution in [1.29, 1.82) is 0 Å². The molecule has 20 heavy (non-hydrogen) atoms. The molecule has 0 heterocycles. The predicted molar refractivity (Wildman–Crippen MR) is 86.0 cm³/mol. The molecule has 1 heteroatoms. The Morgan fingerprint density at radius 3 is 2.20 bits per heavy atom. The molecule has 0 aliphatic heterocycles. The molecule has 1 nitrogen and oxygen atoms in total. The highest BCUT2D eigenvalue weighted by Crippen LogP contribution is 2.28. The molecule has 1 atom stereocenters. The summed E-state index contributed by atoms with van der Waals surface area (Å²) in [6.07, 6.45) is 5.20. The van der Waals surface area contributed by atoms with Gasteiger partial charge in [0, 0.05) is 6.04 Å². The third kappa shape index (κ3) is 2.64. The van der Waals surface area contributed by atoms with Gasteiger partial charge in [-0.25, -0.2) is 0 Å². The smallest absolute Gasteiger partial charge is 0.0289 e. The van der Waals surface area contributed by atoms with Gasteiger partial charge in [0.2, 0.25) is 0 Å². The summed E-state index contributed by atoms with van der Waals surface area (Å²) >= 11 is 0. The van der Waals surface area contributed by atoms with Gasteiger partial charge in [0.1, 0.15) is 0 Å². The molecule has 1 N–H and O–H groups in total. The second-order valence-electron chi connectivity index (χ2n) is 5.82. The second kappa shape index (κ2) is 5.80. The van der Waals surface area contributed by atoms with E-state index >= 15 is 0 Å². The SMILES string of the molecule is CNC(C)c1ccc(-c2ccc3c(c2)CCCC3)cc1. The second-order valence-corrected chi connectivity index (χ2v) is 5.82. The van der Waals surface area contributed by atoms with E-state index in [2.05, 4.69) is 54.7 Å². The van der Waals surface area contributed by atoms with Crippen LogP contribution in [-0.4, -0.2) is 7.05 Å². The van der Waals surface area contributed by atoms with Crippen molar-refractivity contribution in [1.82, 2.24) is 5.32 Å². The number of hydrogen-bond acceptors (Lipinski definition) is 1. The first kappa shape index (κ1) is 13.4. The maximum atomic E-state index is 3.28. The monoisotopic (exact) mass is 265 g/mol. The lowest BCUT2D eigenvalue weighted by Crippen LogP contribution is -2.11. The lowest BCUT2D eigenvalue weighted by atomic mass is 9.89. The molecule has 104 valence electrons. The normalized spacial score (nSPS) is 15.7. The first-order valence-electron chi connectivity index (χ1n) is 7.67. The highest BCUT2D eigenvalue weighted by molar-refractivity contribution is 5.65. The lowest BCUT2D eigenvalue weighted by molar-refractivity contribution is 0.652. The molecule has 1 aliphatic rings. The molecular weight excluding hydrogens is 242 g/mol. The Balaban J connectivity index is 1.89. The van der Waals surface area contributed by atoms with Gasteiger partial charge in [-0.2, -0.15) is 0 Å². The minimum absolute atomic E-state index is 0.410. The molecule has 1 aliphatic carbocycles. The summed E-state index contributed by atoms with van der Waals surface area (Å²) in [4.78, 5) is 0. The summed E-state index contributed by atoms with van der Waals surface area (Å²) in [5, 5.41) is 3.28. The highest BCUT2D eigenvalue weighted by atomic mass is 14.8. The number of aryl methyl sites for hydroxylation is 2. The minimum Gasteiger partial charge on any atom is -0.313 e. The number of hydrogen-bond donors (Lipinski definition) is 1. The molecule has 1 unspecified atom stereocenters. The van der Waals surface area contributed by atoms with Crippen LogP contribution in [0.25, 0.3) is 11.1 Å². The predicted octanol–water partition coefficient (Wildman–Crippen LogP) is 4.51. The third-order valence-electron chi connectivity index (χ3n) is 4.53. The summed E-state index contributed by atoms with van der Waals surface area (Å²) in [5.41, 5.74) is 7.13. The largest absolute Gasteiger partial charge is 0.313 e. The zero-order valence-corrected chi connectivity index (χ0v) is 12.4. The van der Waals surface area contributed by atoms with Gasteiger partial charge < -0.3 is 5.32 Å². The minimum atomic E-state index is 0.410. The third-order valence-corrected chi connectivity index (χ3v) is 4.53. The zero-order chi connectivity index (χ0) is 13.9. The first-order valence-corrected chi connectivity index (χ1v) is 7.67. The van der Waals surface area contributed by atoms with E-state index in [9.17, 15) is 0 Å². The molecule has 0 aromatic heterocycles. The molecule has 0 bridgehead atoms. The van der Waals surface area contributed by atoms with Gasteiger partial charge in [-0.3, -0.25) is 0 Å². The molecule has 2 aromatic carbocycles. The molecule has 3 rings (SSSR count). The molecule has 0 spiro atoms. The zero-order valence-electron chi connectivity index (χ0n) is 12.4. The Hall–Kier alpha value is -1.60. The fraction of sp³-hybridized carbons (Fsp3) is 0.368. The van der Waals surface area contributed by atoms with Crippen molar-refractivity contribution in [2.24, 2.45) is 0 Å². The fourth-order valence-corrected chi connectivity index (χ4v) is 3.04. The number of rotatable bonds is 3. The van der Waals surface area contributed by atoms with Crippen LogP contribution in [0, 0.1) is 0 Å². The van der Waals surface area contributed by atoms with E-state index in [0.717, 1.165) is 0 Å². The molecule has 2 aromatic rings. The van der Waals surface area contributed by atoms with E-state index in [1.54, 1.807) is 11.1 Å². The van der Waals surface area contributed by atoms with Crippen LogP contribution in [0.2, 0.25) is 0 Å². The van der Waals surface area contributed by atoms with Crippen LogP contribution >= 0.6 is 0 Å². The quantitative estimate of drug-likeness (QED) is 0.860. The van der Waals surface area contributed by atoms with Crippen molar-refractivity contribution >= 4 is 0 Å². The van der Waals surface area contributed by atoms with Crippen LogP contribution in [0.3, 0.4) is 0 Å². The Bertz CT molecular complexity index is 583. The molecule has 0 radical (unpaired) electrons. The van der Waals surface area contributed by atoms with E-state index in [-0.39, 0.29) is 0 Å². The van der Waals surface area contributed by atoms with Crippen LogP contribution in [0.1, 0.15) is 42.5 Å². The Kier molecular flexibility index (Phi) is 3.88. The average Bonchev–Trinajstić information content (AvgIpc) is 2.54. The summed E-state index contributed by atoms with van der Waals surface area (Å²) in [6.45, 7) is 2.19. The van der Waals surface area contributed by atoms with E-state index < -0.39 is 0 Å². The summed E-state index contributed by atoms with van der Waals surface area (Å²) in [5.74, 6) is 0. The van der Waals surface area contributed by atoms with Gasteiger partial charge in [0.25, 0.3) is 0 Å². The van der Waals surface area contributed by atoms with Gasteiger partial charge >= 0.3 is 0 Å². The van der Waals surface area contributed by atoms with Gasteiger partial charge in [-0.05, 0) is 67.5 Å². The lowest BCUT2D eigenvalue weighted by Gasteiger charge is -2.17. The van der Waals surface area contributed by atoms with Crippen LogP contribution in [-0.2, 0) is 12.8 Å². The van der Waals surface area contributed by atoms with E-state index in [4.69, 9.17) is 0 Å². The fourth-order valence-electron chi connectivity index (χ4n) is 3.04. The van der Waals surface area contributed by atoms with Crippen molar-refractivity contribution < 1.29 is 0 Å². The van der Waals surface area contributed by atoms with Gasteiger partial charge in [0.05, 0.1) is 0 Å². The van der Waals surface area contributed by atoms with E-state index in [1.165, 1.54) is 42.4 Å². The number of benzene rings is 2. The summed E-state index contributed by atoms with van der Waals surface area (Å²) < 4.78 is 0. The molecular formula is C19H23N. The molecule has 0 fully saturated rings. The Morgan fingerprint density at radius 2 is 1.50 bits per heavy atom. The average molecular weight is 265 g/mol. The topological polar surface area (TPSA) is 12.0 Å². The highest BCUT2D eigenvalue weighted by Gasteiger charge is 2.10. The van der Waals surface area contributed by atoms with Gasteiger partial charge in [-0.15, -0.1) is 0 Å². The first-order chi connectivity index (χ1) is 9.78. The Labute approximate surface area is 122 Å². The van der Waals surface area contributed by atoms with Crippen molar-refractivity contribution in [2.75, 3.05) is 7.05 Å². The van der Waals surface area contributed by atoms with Crippen molar-refractivity contribution in [3.8, 4) is 11.1 Å². The maximum Gasteiger partial charge on any atom is 0.0289 e. The van der Waals surface area contributed by atoms with Gasteiger partial charge in [0.15, 0.2) is 0 Å². The number of fused-ring (bicyclic) bond motifs is 1. The summed E-state index contributed by atoms with van der Waals surface area (Å²) in [6, 6.07) is 16.4. The molecule has 0 saturated heterocycles. The summed E-state index contributed by atoms with van der Waals surface area (Å²) in [7, 11) is 2.00. The van der Waals surface area contributed by atoms with Crippen LogP contribution in [0.5, 0.6) is 0 Å². The standard InChI is InChI=1S/C19H23N/c1-14(20-2)15-7-9-17(10-8-15)19-12-11-16-5-3-4-6-18(16)13-19/h7-14,20H,3-6H2,1-2H3. The van der Waals surface area contributed by atoms with Gasteiger partial charge in [-0.1, -0.05) is 42.5 Å². The van der Waals surface area contributed by atoms with Crippen molar-refractivity contribution in [2.45, 2.75) is 38.6 Å². The van der Waals surface area contributed by atoms with E-state index in [1.807, 2.05) is 7.05 Å². The van der Waals surface area contributed by atoms with E-state index in [0.29, 0.717) is 6.04 Å². The molecule has 0 saturated carbocycles. The van der Waals surface area contributed by atoms with Crippen molar-refractivity contribution in [3.63, 3.8) is 0 Å². The molecule has 0 amide bonds. The van der Waals surface area contributed by atoms with Crippen LogP contribution < -0.4 is 5.32 Å². The number of nitrogens with one attached hydrogen (secondary N) is 1. The van der Waals surface area contributed by atoms with Crippen LogP contribution in [0.15, 0.2) is 42.5 Å². The maximum absolute atomic E-state index is 3.28. The van der Waals surface area contributed by atoms with Crippen molar-refractivity contribution in [3.05, 3.63) is 59.2 Å². The Morgan fingerprint density at radius 1 is 0.850 bits per heavy atom. The van der Waals surface area contributed by atoms with Crippen LogP contribution in [0.4, 0.5) is 0 Å².